The standard InChI is InChI=1S/C25H20S/c1-17(19-11-10-18-6-2-3-7-21(18)14-19)20-12-13-25-23(15-20)16-22-8-4-5-9-24(22)26-25/h2-15,17H,16H2,1H3. The molecule has 4 aromatic rings. The SMILES string of the molecule is CC(c1ccc2c(c1)Cc1ccccc1S2)c1ccc2ccccc2c1. The van der Waals surface area contributed by atoms with Crippen LogP contribution in [0.25, 0.3) is 10.8 Å². The average molecular weight is 353 g/mol. The first-order valence-electron chi connectivity index (χ1n) is 9.15. The highest BCUT2D eigenvalue weighted by Crippen LogP contribution is 2.40. The Morgan fingerprint density at radius 3 is 2.27 bits per heavy atom. The molecule has 1 aliphatic rings. The second-order valence-electron chi connectivity index (χ2n) is 7.08. The first-order chi connectivity index (χ1) is 12.8. The molecular formula is C25H20S. The zero-order chi connectivity index (χ0) is 17.5. The highest BCUT2D eigenvalue weighted by Gasteiger charge is 2.18. The summed E-state index contributed by atoms with van der Waals surface area (Å²) >= 11 is 1.90. The fraction of sp³-hybridized carbons (Fsp3) is 0.120. The van der Waals surface area contributed by atoms with E-state index < -0.39 is 0 Å². The van der Waals surface area contributed by atoms with E-state index in [9.17, 15) is 0 Å². The first kappa shape index (κ1) is 15.7. The largest absolute Gasteiger partial charge is 0.0895 e. The van der Waals surface area contributed by atoms with Gasteiger partial charge in [0.25, 0.3) is 0 Å². The van der Waals surface area contributed by atoms with Gasteiger partial charge in [-0.25, -0.2) is 0 Å². The van der Waals surface area contributed by atoms with Crippen LogP contribution < -0.4 is 0 Å². The maximum absolute atomic E-state index is 2.41. The van der Waals surface area contributed by atoms with Crippen molar-refractivity contribution in [2.24, 2.45) is 0 Å². The molecule has 1 heteroatoms. The zero-order valence-corrected chi connectivity index (χ0v) is 15.6. The van der Waals surface area contributed by atoms with Crippen LogP contribution in [0.5, 0.6) is 0 Å². The van der Waals surface area contributed by atoms with Gasteiger partial charge in [0.1, 0.15) is 0 Å². The van der Waals surface area contributed by atoms with E-state index in [0.717, 1.165) is 6.42 Å². The Kier molecular flexibility index (Phi) is 3.83. The van der Waals surface area contributed by atoms with Crippen molar-refractivity contribution in [3.63, 3.8) is 0 Å². The van der Waals surface area contributed by atoms with E-state index in [4.69, 9.17) is 0 Å². The lowest BCUT2D eigenvalue weighted by atomic mass is 9.89. The van der Waals surface area contributed by atoms with Crippen LogP contribution in [0.4, 0.5) is 0 Å². The van der Waals surface area contributed by atoms with Crippen molar-refractivity contribution in [3.8, 4) is 0 Å². The highest BCUT2D eigenvalue weighted by molar-refractivity contribution is 7.99. The molecule has 0 bridgehead atoms. The molecule has 0 amide bonds. The molecule has 1 atom stereocenters. The monoisotopic (exact) mass is 352 g/mol. The van der Waals surface area contributed by atoms with Gasteiger partial charge in [-0.3, -0.25) is 0 Å². The second-order valence-corrected chi connectivity index (χ2v) is 8.17. The molecule has 0 spiro atoms. The van der Waals surface area contributed by atoms with Crippen LogP contribution in [0.15, 0.2) is 94.7 Å². The topological polar surface area (TPSA) is 0 Å². The lowest BCUT2D eigenvalue weighted by molar-refractivity contribution is 0.911. The lowest BCUT2D eigenvalue weighted by Crippen LogP contribution is -2.03. The van der Waals surface area contributed by atoms with Gasteiger partial charge in [-0.15, -0.1) is 0 Å². The molecule has 1 unspecified atom stereocenters. The molecule has 1 aliphatic heterocycles. The van der Waals surface area contributed by atoms with Gasteiger partial charge >= 0.3 is 0 Å². The lowest BCUT2D eigenvalue weighted by Gasteiger charge is -2.21. The van der Waals surface area contributed by atoms with Crippen molar-refractivity contribution in [1.82, 2.24) is 0 Å². The van der Waals surface area contributed by atoms with Gasteiger partial charge in [0, 0.05) is 15.7 Å². The fourth-order valence-electron chi connectivity index (χ4n) is 3.85. The summed E-state index contributed by atoms with van der Waals surface area (Å²) in [6, 6.07) is 31.2. The molecule has 0 saturated heterocycles. The third kappa shape index (κ3) is 2.73. The summed E-state index contributed by atoms with van der Waals surface area (Å²) in [5.74, 6) is 0.395. The zero-order valence-electron chi connectivity index (χ0n) is 14.8. The Morgan fingerprint density at radius 1 is 0.654 bits per heavy atom. The van der Waals surface area contributed by atoms with Crippen molar-refractivity contribution >= 4 is 22.5 Å². The number of rotatable bonds is 2. The van der Waals surface area contributed by atoms with E-state index in [1.807, 2.05) is 11.8 Å². The van der Waals surface area contributed by atoms with Gasteiger partial charge in [-0.2, -0.15) is 0 Å². The Bertz CT molecular complexity index is 1110. The molecular weight excluding hydrogens is 332 g/mol. The number of hydrogen-bond donors (Lipinski definition) is 0. The summed E-state index contributed by atoms with van der Waals surface area (Å²) in [6.07, 6.45) is 1.04. The molecule has 1 heterocycles. The molecule has 5 rings (SSSR count). The van der Waals surface area contributed by atoms with E-state index in [0.29, 0.717) is 5.92 Å². The number of fused-ring (bicyclic) bond motifs is 3. The van der Waals surface area contributed by atoms with Crippen molar-refractivity contribution in [1.29, 1.82) is 0 Å². The van der Waals surface area contributed by atoms with Crippen molar-refractivity contribution in [3.05, 3.63) is 107 Å². The van der Waals surface area contributed by atoms with Crippen LogP contribution >= 0.6 is 11.8 Å². The average Bonchev–Trinajstić information content (AvgIpc) is 2.71. The molecule has 26 heavy (non-hydrogen) atoms. The van der Waals surface area contributed by atoms with Crippen LogP contribution in [-0.4, -0.2) is 0 Å². The number of benzene rings is 4. The van der Waals surface area contributed by atoms with Gasteiger partial charge in [-0.1, -0.05) is 91.5 Å². The summed E-state index contributed by atoms with van der Waals surface area (Å²) in [7, 11) is 0. The Morgan fingerprint density at radius 2 is 1.35 bits per heavy atom. The first-order valence-corrected chi connectivity index (χ1v) is 9.97. The van der Waals surface area contributed by atoms with E-state index in [1.54, 1.807) is 0 Å². The summed E-state index contributed by atoms with van der Waals surface area (Å²) in [5.41, 5.74) is 5.69. The van der Waals surface area contributed by atoms with Gasteiger partial charge < -0.3 is 0 Å². The molecule has 0 aromatic heterocycles. The van der Waals surface area contributed by atoms with Crippen molar-refractivity contribution in [2.45, 2.75) is 29.1 Å². The van der Waals surface area contributed by atoms with Crippen LogP contribution in [0.1, 0.15) is 35.1 Å². The Balaban J connectivity index is 1.50. The molecule has 0 aliphatic carbocycles. The molecule has 0 saturated carbocycles. The third-order valence-corrected chi connectivity index (χ3v) is 6.67. The van der Waals surface area contributed by atoms with E-state index in [-0.39, 0.29) is 0 Å². The Hall–Kier alpha value is -2.51. The smallest absolute Gasteiger partial charge is 0.0158 e. The molecule has 126 valence electrons. The van der Waals surface area contributed by atoms with Gasteiger partial charge in [-0.05, 0) is 51.6 Å². The van der Waals surface area contributed by atoms with Crippen molar-refractivity contribution in [2.75, 3.05) is 0 Å². The normalized spacial score (nSPS) is 13.9. The van der Waals surface area contributed by atoms with E-state index in [2.05, 4.69) is 91.9 Å². The quantitative estimate of drug-likeness (QED) is 0.328. The highest BCUT2D eigenvalue weighted by atomic mass is 32.2. The predicted octanol–water partition coefficient (Wildman–Crippen LogP) is 7.05. The third-order valence-electron chi connectivity index (χ3n) is 5.43. The van der Waals surface area contributed by atoms with Crippen LogP contribution in [0.3, 0.4) is 0 Å². The minimum atomic E-state index is 0.395. The maximum Gasteiger partial charge on any atom is 0.0158 e. The van der Waals surface area contributed by atoms with Crippen LogP contribution in [0.2, 0.25) is 0 Å². The minimum absolute atomic E-state index is 0.395. The predicted molar refractivity (Wildman–Crippen MR) is 111 cm³/mol. The molecule has 0 radical (unpaired) electrons. The fourth-order valence-corrected chi connectivity index (χ4v) is 4.90. The molecule has 0 nitrogen and oxygen atoms in total. The van der Waals surface area contributed by atoms with E-state index in [1.165, 1.54) is 42.8 Å². The van der Waals surface area contributed by atoms with Gasteiger partial charge in [0.2, 0.25) is 0 Å². The summed E-state index contributed by atoms with van der Waals surface area (Å²) in [4.78, 5) is 2.80. The molecule has 0 fully saturated rings. The number of hydrogen-bond acceptors (Lipinski definition) is 1. The molecule has 4 aromatic carbocycles. The van der Waals surface area contributed by atoms with Crippen LogP contribution in [0, 0.1) is 0 Å². The van der Waals surface area contributed by atoms with E-state index >= 15 is 0 Å². The summed E-state index contributed by atoms with van der Waals surface area (Å²) < 4.78 is 0. The van der Waals surface area contributed by atoms with Gasteiger partial charge in [0.15, 0.2) is 0 Å². The summed E-state index contributed by atoms with van der Waals surface area (Å²) in [6.45, 7) is 2.32. The van der Waals surface area contributed by atoms with Crippen LogP contribution in [-0.2, 0) is 6.42 Å². The summed E-state index contributed by atoms with van der Waals surface area (Å²) in [5, 5.41) is 2.63. The van der Waals surface area contributed by atoms with Gasteiger partial charge in [0.05, 0.1) is 0 Å². The second kappa shape index (κ2) is 6.34. The molecule has 0 N–H and O–H groups in total. The van der Waals surface area contributed by atoms with Crippen molar-refractivity contribution < 1.29 is 0 Å². The maximum atomic E-state index is 2.41. The minimum Gasteiger partial charge on any atom is -0.0895 e. The Labute approximate surface area is 158 Å².